The summed E-state index contributed by atoms with van der Waals surface area (Å²) >= 11 is 0. The van der Waals surface area contributed by atoms with E-state index in [2.05, 4.69) is 17.4 Å². The van der Waals surface area contributed by atoms with Gasteiger partial charge in [-0.1, -0.05) is 42.4 Å². The minimum Gasteiger partial charge on any atom is -0.394 e. The molecule has 1 atom stereocenters. The normalized spacial score (nSPS) is 14.2. The smallest absolute Gasteiger partial charge is 0.138 e. The molecule has 0 aliphatic carbocycles. The SMILES string of the molecule is CCC(CO)(NCc1c(C)noc1C)c1ccccc1. The average molecular weight is 274 g/mol. The Morgan fingerprint density at radius 1 is 1.25 bits per heavy atom. The first kappa shape index (κ1) is 14.8. The predicted molar refractivity (Wildman–Crippen MR) is 78.3 cm³/mol. The van der Waals surface area contributed by atoms with Gasteiger partial charge in [-0.25, -0.2) is 0 Å². The third-order valence-electron chi connectivity index (χ3n) is 3.98. The van der Waals surface area contributed by atoms with E-state index in [0.29, 0.717) is 6.54 Å². The molecule has 0 saturated heterocycles. The molecule has 1 heterocycles. The van der Waals surface area contributed by atoms with Crippen LogP contribution in [0.2, 0.25) is 0 Å². The second kappa shape index (κ2) is 6.20. The summed E-state index contributed by atoms with van der Waals surface area (Å²) < 4.78 is 5.18. The van der Waals surface area contributed by atoms with E-state index in [4.69, 9.17) is 4.52 Å². The molecule has 0 spiro atoms. The van der Waals surface area contributed by atoms with Crippen molar-refractivity contribution >= 4 is 0 Å². The van der Waals surface area contributed by atoms with Gasteiger partial charge in [0.05, 0.1) is 17.8 Å². The van der Waals surface area contributed by atoms with E-state index < -0.39 is 5.54 Å². The number of hydrogen-bond donors (Lipinski definition) is 2. The summed E-state index contributed by atoms with van der Waals surface area (Å²) in [6, 6.07) is 10.1. The molecule has 20 heavy (non-hydrogen) atoms. The van der Waals surface area contributed by atoms with Crippen molar-refractivity contribution in [2.75, 3.05) is 6.61 Å². The maximum absolute atomic E-state index is 9.90. The van der Waals surface area contributed by atoms with Crippen LogP contribution >= 0.6 is 0 Å². The van der Waals surface area contributed by atoms with Crippen LogP contribution < -0.4 is 5.32 Å². The standard InChI is InChI=1S/C16H22N2O2/c1-4-16(11-19,14-8-6-5-7-9-14)17-10-15-12(2)18-20-13(15)3/h5-9,17,19H,4,10-11H2,1-3H3. The number of aliphatic hydroxyl groups excluding tert-OH is 1. The fourth-order valence-corrected chi connectivity index (χ4v) is 2.46. The molecule has 0 saturated carbocycles. The van der Waals surface area contributed by atoms with Crippen molar-refractivity contribution in [2.24, 2.45) is 0 Å². The summed E-state index contributed by atoms with van der Waals surface area (Å²) in [5, 5.41) is 17.3. The van der Waals surface area contributed by atoms with Crippen LogP contribution in [0.15, 0.2) is 34.9 Å². The van der Waals surface area contributed by atoms with Gasteiger partial charge in [-0.3, -0.25) is 0 Å². The molecule has 0 fully saturated rings. The van der Waals surface area contributed by atoms with Crippen molar-refractivity contribution in [3.05, 3.63) is 52.9 Å². The molecule has 1 aromatic heterocycles. The number of aromatic nitrogens is 1. The Hall–Kier alpha value is -1.65. The summed E-state index contributed by atoms with van der Waals surface area (Å²) in [6.45, 7) is 6.60. The van der Waals surface area contributed by atoms with Gasteiger partial charge in [-0.2, -0.15) is 0 Å². The quantitative estimate of drug-likeness (QED) is 0.850. The average Bonchev–Trinajstić information content (AvgIpc) is 2.81. The number of aliphatic hydroxyl groups is 1. The number of benzene rings is 1. The molecular weight excluding hydrogens is 252 g/mol. The van der Waals surface area contributed by atoms with Crippen LogP contribution in [-0.2, 0) is 12.1 Å². The maximum Gasteiger partial charge on any atom is 0.138 e. The lowest BCUT2D eigenvalue weighted by Crippen LogP contribution is -2.44. The molecule has 4 nitrogen and oxygen atoms in total. The Bertz CT molecular complexity index is 525. The van der Waals surface area contributed by atoms with Crippen LogP contribution in [0.1, 0.15) is 35.9 Å². The van der Waals surface area contributed by atoms with E-state index in [9.17, 15) is 5.11 Å². The Kier molecular flexibility index (Phi) is 4.57. The monoisotopic (exact) mass is 274 g/mol. The topological polar surface area (TPSA) is 58.3 Å². The Balaban J connectivity index is 2.22. The van der Waals surface area contributed by atoms with Crippen molar-refractivity contribution < 1.29 is 9.63 Å². The molecule has 1 unspecified atom stereocenters. The number of nitrogens with one attached hydrogen (secondary N) is 1. The molecule has 0 aliphatic rings. The van der Waals surface area contributed by atoms with E-state index in [-0.39, 0.29) is 6.61 Å². The molecule has 1 aromatic carbocycles. The zero-order valence-electron chi connectivity index (χ0n) is 12.3. The molecule has 2 rings (SSSR count). The lowest BCUT2D eigenvalue weighted by atomic mass is 9.87. The van der Waals surface area contributed by atoms with Crippen LogP contribution in [0, 0.1) is 13.8 Å². The van der Waals surface area contributed by atoms with Gasteiger partial charge in [0.1, 0.15) is 5.76 Å². The van der Waals surface area contributed by atoms with E-state index in [1.54, 1.807) is 0 Å². The molecule has 108 valence electrons. The molecule has 2 aromatic rings. The van der Waals surface area contributed by atoms with Gasteiger partial charge in [0.2, 0.25) is 0 Å². The fraction of sp³-hybridized carbons (Fsp3) is 0.438. The van der Waals surface area contributed by atoms with Gasteiger partial charge >= 0.3 is 0 Å². The first-order chi connectivity index (χ1) is 9.63. The van der Waals surface area contributed by atoms with Gasteiger partial charge in [-0.15, -0.1) is 0 Å². The molecular formula is C16H22N2O2. The van der Waals surface area contributed by atoms with Gasteiger partial charge < -0.3 is 14.9 Å². The van der Waals surface area contributed by atoms with E-state index in [1.165, 1.54) is 0 Å². The molecule has 0 radical (unpaired) electrons. The van der Waals surface area contributed by atoms with Crippen molar-refractivity contribution in [1.29, 1.82) is 0 Å². The van der Waals surface area contributed by atoms with Crippen LogP contribution in [0.4, 0.5) is 0 Å². The van der Waals surface area contributed by atoms with Gasteiger partial charge in [-0.05, 0) is 25.8 Å². The lowest BCUT2D eigenvalue weighted by molar-refractivity contribution is 0.153. The molecule has 4 heteroatoms. The number of rotatable bonds is 6. The lowest BCUT2D eigenvalue weighted by Gasteiger charge is -2.33. The maximum atomic E-state index is 9.90. The zero-order valence-corrected chi connectivity index (χ0v) is 12.3. The first-order valence-corrected chi connectivity index (χ1v) is 6.96. The van der Waals surface area contributed by atoms with Crippen molar-refractivity contribution in [1.82, 2.24) is 10.5 Å². The molecule has 2 N–H and O–H groups in total. The molecule has 0 bridgehead atoms. The van der Waals surface area contributed by atoms with E-state index in [1.807, 2.05) is 44.2 Å². The highest BCUT2D eigenvalue weighted by Gasteiger charge is 2.29. The second-order valence-electron chi connectivity index (χ2n) is 5.12. The number of nitrogens with zero attached hydrogens (tertiary/aromatic N) is 1. The van der Waals surface area contributed by atoms with Crippen LogP contribution in [0.25, 0.3) is 0 Å². The highest BCUT2D eigenvalue weighted by atomic mass is 16.5. The highest BCUT2D eigenvalue weighted by molar-refractivity contribution is 5.26. The minimum atomic E-state index is -0.433. The number of aryl methyl sites for hydroxylation is 2. The third-order valence-corrected chi connectivity index (χ3v) is 3.98. The Labute approximate surface area is 119 Å². The Morgan fingerprint density at radius 3 is 2.45 bits per heavy atom. The molecule has 0 amide bonds. The van der Waals surface area contributed by atoms with Crippen LogP contribution in [0.3, 0.4) is 0 Å². The summed E-state index contributed by atoms with van der Waals surface area (Å²) in [7, 11) is 0. The predicted octanol–water partition coefficient (Wildman–Crippen LogP) is 2.68. The summed E-state index contributed by atoms with van der Waals surface area (Å²) in [6.07, 6.45) is 0.802. The van der Waals surface area contributed by atoms with Gasteiger partial charge in [0.25, 0.3) is 0 Å². The Morgan fingerprint density at radius 2 is 1.95 bits per heavy atom. The van der Waals surface area contributed by atoms with E-state index in [0.717, 1.165) is 29.0 Å². The van der Waals surface area contributed by atoms with Crippen molar-refractivity contribution in [3.8, 4) is 0 Å². The van der Waals surface area contributed by atoms with Crippen LogP contribution in [-0.4, -0.2) is 16.9 Å². The summed E-state index contributed by atoms with van der Waals surface area (Å²) in [4.78, 5) is 0. The van der Waals surface area contributed by atoms with Gasteiger partial charge in [0, 0.05) is 12.1 Å². The van der Waals surface area contributed by atoms with Crippen LogP contribution in [0.5, 0.6) is 0 Å². The molecule has 0 aliphatic heterocycles. The van der Waals surface area contributed by atoms with Crippen molar-refractivity contribution in [3.63, 3.8) is 0 Å². The summed E-state index contributed by atoms with van der Waals surface area (Å²) in [5.41, 5.74) is 2.62. The first-order valence-electron chi connectivity index (χ1n) is 6.96. The largest absolute Gasteiger partial charge is 0.394 e. The highest BCUT2D eigenvalue weighted by Crippen LogP contribution is 2.25. The van der Waals surface area contributed by atoms with Crippen molar-refractivity contribution in [2.45, 2.75) is 39.3 Å². The zero-order chi connectivity index (χ0) is 14.6. The van der Waals surface area contributed by atoms with E-state index >= 15 is 0 Å². The second-order valence-corrected chi connectivity index (χ2v) is 5.12. The fourth-order valence-electron chi connectivity index (χ4n) is 2.46. The summed E-state index contributed by atoms with van der Waals surface area (Å²) in [5.74, 6) is 0.825. The third kappa shape index (κ3) is 2.76. The van der Waals surface area contributed by atoms with Gasteiger partial charge in [0.15, 0.2) is 0 Å². The number of hydrogen-bond acceptors (Lipinski definition) is 4. The minimum absolute atomic E-state index is 0.0525.